The van der Waals surface area contributed by atoms with E-state index < -0.39 is 17.1 Å². The molecule has 266 valence electrons. The zero-order valence-corrected chi connectivity index (χ0v) is 30.9. The normalized spacial score (nSPS) is 11.6. The zero-order chi connectivity index (χ0) is 37.2. The molecule has 6 rings (SSSR count). The predicted octanol–water partition coefficient (Wildman–Crippen LogP) is 9.36. The second kappa shape index (κ2) is 17.6. The van der Waals surface area contributed by atoms with Crippen LogP contribution in [-0.2, 0) is 9.59 Å². The third kappa shape index (κ3) is 9.72. The van der Waals surface area contributed by atoms with Crippen molar-refractivity contribution in [2.24, 2.45) is 0 Å². The number of carbonyl (C=O) groups excluding carboxylic acids is 3. The number of anilines is 2. The average molecular weight is 761 g/mol. The van der Waals surface area contributed by atoms with Crippen molar-refractivity contribution in [2.75, 3.05) is 24.9 Å². The number of nitrogens with one attached hydrogen (secondary N) is 3. The number of carbonyl (C=O) groups is 3. The molecule has 1 heterocycles. The highest BCUT2D eigenvalue weighted by molar-refractivity contribution is 8.00. The second-order valence-corrected chi connectivity index (χ2v) is 13.9. The third-order valence-electron chi connectivity index (χ3n) is 7.83. The van der Waals surface area contributed by atoms with Gasteiger partial charge in [0, 0.05) is 43.7 Å². The fourth-order valence-corrected chi connectivity index (χ4v) is 7.11. The van der Waals surface area contributed by atoms with Gasteiger partial charge in [-0.05, 0) is 66.2 Å². The second-order valence-electron chi connectivity index (χ2n) is 11.4. The van der Waals surface area contributed by atoms with Gasteiger partial charge in [-0.15, -0.1) is 23.1 Å². The highest BCUT2D eigenvalue weighted by Crippen LogP contribution is 2.38. The Morgan fingerprint density at radius 1 is 0.811 bits per heavy atom. The first-order valence-corrected chi connectivity index (χ1v) is 18.4. The summed E-state index contributed by atoms with van der Waals surface area (Å²) in [6, 6.07) is 37.7. The van der Waals surface area contributed by atoms with Crippen LogP contribution in [0.15, 0.2) is 143 Å². The molecule has 6 aromatic rings. The minimum atomic E-state index is -0.645. The first kappa shape index (κ1) is 36.9. The number of halogens is 1. The maximum Gasteiger partial charge on any atom is 0.272 e. The summed E-state index contributed by atoms with van der Waals surface area (Å²) in [5, 5.41) is 11.0. The van der Waals surface area contributed by atoms with Gasteiger partial charge in [0.15, 0.2) is 5.13 Å². The Labute approximate surface area is 320 Å². The molecule has 0 aliphatic heterocycles. The quantitative estimate of drug-likeness (QED) is 0.0793. The van der Waals surface area contributed by atoms with E-state index in [1.807, 2.05) is 53.9 Å². The standard InChI is InChI=1S/C41H33ClN4O5S2/c1-50-32-21-18-29(36(24-32)51-2)22-34(44-38(47)28-12-7-4-8-13-28)39(48)43-31-14-9-15-33(23-31)53-37(27-10-5-3-6-11-27)40(49)46-41-45-35(25-52-41)26-16-19-30(42)20-17-26/h3-25,37H,1-2H3,(H,43,48)(H,44,47)(H,45,46,49)/b34-22+. The Hall–Kier alpha value is -5.88. The number of amides is 3. The average Bonchev–Trinajstić information content (AvgIpc) is 3.66. The van der Waals surface area contributed by atoms with E-state index >= 15 is 0 Å². The van der Waals surface area contributed by atoms with Crippen LogP contribution in [0.25, 0.3) is 17.3 Å². The molecule has 1 aromatic heterocycles. The summed E-state index contributed by atoms with van der Waals surface area (Å²) in [5.74, 6) is -0.251. The molecular formula is C41H33ClN4O5S2. The van der Waals surface area contributed by atoms with Crippen molar-refractivity contribution in [1.82, 2.24) is 10.3 Å². The highest BCUT2D eigenvalue weighted by Gasteiger charge is 2.24. The lowest BCUT2D eigenvalue weighted by Gasteiger charge is -2.17. The van der Waals surface area contributed by atoms with Gasteiger partial charge in [-0.25, -0.2) is 4.98 Å². The first-order chi connectivity index (χ1) is 25.8. The Morgan fingerprint density at radius 2 is 1.55 bits per heavy atom. The maximum absolute atomic E-state index is 13.9. The molecule has 0 aliphatic carbocycles. The number of nitrogens with zero attached hydrogens (tertiary/aromatic N) is 1. The fourth-order valence-electron chi connectivity index (χ4n) is 5.17. The Morgan fingerprint density at radius 3 is 2.26 bits per heavy atom. The number of rotatable bonds is 13. The van der Waals surface area contributed by atoms with E-state index in [0.717, 1.165) is 21.7 Å². The molecule has 12 heteroatoms. The van der Waals surface area contributed by atoms with Gasteiger partial charge in [-0.2, -0.15) is 0 Å². The number of thiazole rings is 1. The van der Waals surface area contributed by atoms with Crippen molar-refractivity contribution in [3.8, 4) is 22.8 Å². The lowest BCUT2D eigenvalue weighted by Crippen LogP contribution is -2.30. The molecule has 3 amide bonds. The van der Waals surface area contributed by atoms with Gasteiger partial charge in [0.1, 0.15) is 22.4 Å². The van der Waals surface area contributed by atoms with Gasteiger partial charge >= 0.3 is 0 Å². The summed E-state index contributed by atoms with van der Waals surface area (Å²) >= 11 is 8.71. The molecule has 1 unspecified atom stereocenters. The van der Waals surface area contributed by atoms with Gasteiger partial charge < -0.3 is 25.4 Å². The summed E-state index contributed by atoms with van der Waals surface area (Å²) in [4.78, 5) is 46.2. The van der Waals surface area contributed by atoms with Crippen molar-refractivity contribution in [1.29, 1.82) is 0 Å². The minimum Gasteiger partial charge on any atom is -0.497 e. The van der Waals surface area contributed by atoms with Crippen molar-refractivity contribution < 1.29 is 23.9 Å². The summed E-state index contributed by atoms with van der Waals surface area (Å²) in [5.41, 5.74) is 3.79. The number of thioether (sulfide) groups is 1. The van der Waals surface area contributed by atoms with Crippen LogP contribution < -0.4 is 25.4 Å². The smallest absolute Gasteiger partial charge is 0.272 e. The minimum absolute atomic E-state index is 0.0108. The summed E-state index contributed by atoms with van der Waals surface area (Å²) < 4.78 is 10.8. The van der Waals surface area contributed by atoms with Crippen molar-refractivity contribution in [2.45, 2.75) is 10.1 Å². The lowest BCUT2D eigenvalue weighted by atomic mass is 10.1. The number of hydrogen-bond acceptors (Lipinski definition) is 8. The number of aromatic nitrogens is 1. The van der Waals surface area contributed by atoms with Crippen LogP contribution in [-0.4, -0.2) is 36.9 Å². The van der Waals surface area contributed by atoms with E-state index in [0.29, 0.717) is 38.5 Å². The summed E-state index contributed by atoms with van der Waals surface area (Å²) in [6.07, 6.45) is 1.54. The topological polar surface area (TPSA) is 119 Å². The van der Waals surface area contributed by atoms with E-state index in [1.54, 1.807) is 92.0 Å². The molecule has 5 aromatic carbocycles. The SMILES string of the molecule is COc1ccc(/C=C(/NC(=O)c2ccccc2)C(=O)Nc2cccc(SC(C(=O)Nc3nc(-c4ccc(Cl)cc4)cs3)c3ccccc3)c2)c(OC)c1. The maximum atomic E-state index is 13.9. The zero-order valence-electron chi connectivity index (χ0n) is 28.5. The molecule has 0 aliphatic rings. The van der Waals surface area contributed by atoms with Gasteiger partial charge in [0.2, 0.25) is 5.91 Å². The van der Waals surface area contributed by atoms with Crippen LogP contribution in [0, 0.1) is 0 Å². The van der Waals surface area contributed by atoms with Crippen molar-refractivity contribution in [3.05, 3.63) is 160 Å². The molecule has 0 fully saturated rings. The van der Waals surface area contributed by atoms with Crippen molar-refractivity contribution >= 4 is 69.3 Å². The summed E-state index contributed by atoms with van der Waals surface area (Å²) in [7, 11) is 3.06. The molecule has 53 heavy (non-hydrogen) atoms. The molecule has 3 N–H and O–H groups in total. The molecule has 0 bridgehead atoms. The van der Waals surface area contributed by atoms with Crippen LogP contribution in [0.4, 0.5) is 10.8 Å². The van der Waals surface area contributed by atoms with E-state index in [4.69, 9.17) is 21.1 Å². The number of hydrogen-bond donors (Lipinski definition) is 3. The van der Waals surface area contributed by atoms with Crippen LogP contribution in [0.5, 0.6) is 11.5 Å². The molecule has 0 saturated heterocycles. The predicted molar refractivity (Wildman–Crippen MR) is 213 cm³/mol. The van der Waals surface area contributed by atoms with Gasteiger partial charge in [0.05, 0.1) is 19.9 Å². The van der Waals surface area contributed by atoms with Gasteiger partial charge in [0.25, 0.3) is 11.8 Å². The van der Waals surface area contributed by atoms with E-state index in [1.165, 1.54) is 30.2 Å². The van der Waals surface area contributed by atoms with Gasteiger partial charge in [-0.1, -0.05) is 78.3 Å². The molecule has 9 nitrogen and oxygen atoms in total. The Bertz CT molecular complexity index is 2250. The van der Waals surface area contributed by atoms with Gasteiger partial charge in [-0.3, -0.25) is 14.4 Å². The Kier molecular flexibility index (Phi) is 12.2. The summed E-state index contributed by atoms with van der Waals surface area (Å²) in [6.45, 7) is 0. The molecule has 0 spiro atoms. The fraction of sp³-hybridized carbons (Fsp3) is 0.0732. The number of methoxy groups -OCH3 is 2. The van der Waals surface area contributed by atoms with E-state index in [9.17, 15) is 14.4 Å². The lowest BCUT2D eigenvalue weighted by molar-refractivity contribution is -0.116. The van der Waals surface area contributed by atoms with Crippen molar-refractivity contribution in [3.63, 3.8) is 0 Å². The molecular weight excluding hydrogens is 728 g/mol. The molecule has 1 atom stereocenters. The number of ether oxygens (including phenoxy) is 2. The largest absolute Gasteiger partial charge is 0.497 e. The highest BCUT2D eigenvalue weighted by atomic mass is 35.5. The Balaban J connectivity index is 1.23. The molecule has 0 saturated carbocycles. The van der Waals surface area contributed by atoms with Crippen LogP contribution in [0.2, 0.25) is 5.02 Å². The monoisotopic (exact) mass is 760 g/mol. The first-order valence-electron chi connectivity index (χ1n) is 16.2. The molecule has 0 radical (unpaired) electrons. The van der Waals surface area contributed by atoms with Crippen LogP contribution >= 0.6 is 34.7 Å². The third-order valence-corrected chi connectivity index (χ3v) is 10.1. The van der Waals surface area contributed by atoms with E-state index in [2.05, 4.69) is 20.9 Å². The van der Waals surface area contributed by atoms with Crippen LogP contribution in [0.3, 0.4) is 0 Å². The van der Waals surface area contributed by atoms with Crippen LogP contribution in [0.1, 0.15) is 26.7 Å². The number of benzene rings is 5. The van der Waals surface area contributed by atoms with E-state index in [-0.39, 0.29) is 11.6 Å².